The molecule has 0 saturated heterocycles. The molecule has 2 aromatic heterocycles. The van der Waals surface area contributed by atoms with Crippen LogP contribution in [-0.2, 0) is 4.79 Å². The van der Waals surface area contributed by atoms with Gasteiger partial charge in [0.25, 0.3) is 5.95 Å². The third-order valence-corrected chi connectivity index (χ3v) is 5.25. The summed E-state index contributed by atoms with van der Waals surface area (Å²) in [5.74, 6) is -0.518. The van der Waals surface area contributed by atoms with Gasteiger partial charge in [-0.05, 0) is 48.9 Å². The number of anilines is 1. The van der Waals surface area contributed by atoms with E-state index in [2.05, 4.69) is 25.6 Å². The van der Waals surface area contributed by atoms with E-state index in [9.17, 15) is 13.6 Å². The van der Waals surface area contributed by atoms with Gasteiger partial charge in [-0.2, -0.15) is 14.9 Å². The Morgan fingerprint density at radius 2 is 1.71 bits per heavy atom. The van der Waals surface area contributed by atoms with E-state index in [-0.39, 0.29) is 35.8 Å². The molecule has 4 aromatic rings. The van der Waals surface area contributed by atoms with E-state index in [4.69, 9.17) is 0 Å². The Hall–Kier alpha value is -4.01. The van der Waals surface area contributed by atoms with Crippen molar-refractivity contribution in [2.24, 2.45) is 0 Å². The zero-order valence-electron chi connectivity index (χ0n) is 16.4. The lowest BCUT2D eigenvalue weighted by atomic mass is 9.86. The summed E-state index contributed by atoms with van der Waals surface area (Å²) in [5.41, 5.74) is 3.49. The number of carbonyl (C=O) groups excluding carboxylic acids is 1. The predicted molar refractivity (Wildman–Crippen MR) is 109 cm³/mol. The number of amides is 1. The third kappa shape index (κ3) is 3.43. The maximum atomic E-state index is 13.4. The molecular formula is C22H16F2N6O. The number of aryl methyl sites for hydroxylation is 1. The second-order valence-electron chi connectivity index (χ2n) is 7.26. The molecule has 9 heteroatoms. The number of aromatic nitrogens is 5. The lowest BCUT2D eigenvalue weighted by molar-refractivity contribution is -0.116. The summed E-state index contributed by atoms with van der Waals surface area (Å²) < 4.78 is 28.1. The van der Waals surface area contributed by atoms with Crippen LogP contribution in [0, 0.1) is 18.6 Å². The van der Waals surface area contributed by atoms with Crippen molar-refractivity contribution in [2.75, 3.05) is 5.32 Å². The number of fused-ring (bicyclic) bond motifs is 1. The molecule has 7 nitrogen and oxygen atoms in total. The van der Waals surface area contributed by atoms with Crippen LogP contribution < -0.4 is 5.32 Å². The van der Waals surface area contributed by atoms with Crippen LogP contribution in [0.3, 0.4) is 0 Å². The van der Waals surface area contributed by atoms with Crippen LogP contribution in [0.2, 0.25) is 0 Å². The van der Waals surface area contributed by atoms with Gasteiger partial charge >= 0.3 is 0 Å². The van der Waals surface area contributed by atoms with Crippen LogP contribution in [0.4, 0.5) is 14.6 Å². The van der Waals surface area contributed by atoms with Crippen LogP contribution in [0.25, 0.3) is 17.2 Å². The maximum absolute atomic E-state index is 13.4. The molecule has 3 heterocycles. The fourth-order valence-electron chi connectivity index (χ4n) is 3.82. The molecule has 0 saturated carbocycles. The minimum Gasteiger partial charge on any atom is -0.310 e. The van der Waals surface area contributed by atoms with E-state index in [1.54, 1.807) is 24.3 Å². The van der Waals surface area contributed by atoms with Crippen LogP contribution in [0.15, 0.2) is 54.7 Å². The number of nitrogens with zero attached hydrogens (tertiary/aromatic N) is 5. The van der Waals surface area contributed by atoms with Crippen molar-refractivity contribution < 1.29 is 13.6 Å². The highest BCUT2D eigenvalue weighted by Gasteiger charge is 2.33. The standard InChI is InChI=1S/C22H16F2N6O/c1-12-20-17(13-2-6-15(23)7-3-13)10-19(31)27-21(20)30(29-12)22-26-18(11-25-28-22)14-4-8-16(24)9-5-14/h2-9,11,17H,10H2,1H3,(H,27,31)/t17-/m0/s1. The van der Waals surface area contributed by atoms with E-state index in [1.165, 1.54) is 35.1 Å². The quantitative estimate of drug-likeness (QED) is 0.547. The van der Waals surface area contributed by atoms with E-state index >= 15 is 0 Å². The molecule has 31 heavy (non-hydrogen) atoms. The summed E-state index contributed by atoms with van der Waals surface area (Å²) in [5, 5.41) is 15.5. The van der Waals surface area contributed by atoms with E-state index in [1.807, 2.05) is 6.92 Å². The molecule has 2 aromatic carbocycles. The Kier molecular flexibility index (Phi) is 4.50. The zero-order chi connectivity index (χ0) is 21.5. The van der Waals surface area contributed by atoms with Gasteiger partial charge in [0, 0.05) is 23.5 Å². The summed E-state index contributed by atoms with van der Waals surface area (Å²) in [6.45, 7) is 1.83. The van der Waals surface area contributed by atoms with Crippen molar-refractivity contribution in [3.8, 4) is 17.2 Å². The number of nitrogens with one attached hydrogen (secondary N) is 1. The second-order valence-corrected chi connectivity index (χ2v) is 7.26. The maximum Gasteiger partial charge on any atom is 0.272 e. The molecule has 1 N–H and O–H groups in total. The summed E-state index contributed by atoms with van der Waals surface area (Å²) in [6.07, 6.45) is 1.69. The van der Waals surface area contributed by atoms with Gasteiger partial charge in [-0.15, -0.1) is 5.10 Å². The molecule has 0 spiro atoms. The molecule has 0 radical (unpaired) electrons. The number of hydrogen-bond donors (Lipinski definition) is 1. The highest BCUT2D eigenvalue weighted by atomic mass is 19.1. The van der Waals surface area contributed by atoms with E-state index in [0.29, 0.717) is 22.8 Å². The Morgan fingerprint density at radius 3 is 2.42 bits per heavy atom. The lowest BCUT2D eigenvalue weighted by Gasteiger charge is -2.24. The van der Waals surface area contributed by atoms with E-state index in [0.717, 1.165) is 11.1 Å². The van der Waals surface area contributed by atoms with Gasteiger partial charge in [-0.25, -0.2) is 13.8 Å². The lowest BCUT2D eigenvalue weighted by Crippen LogP contribution is -2.25. The molecule has 0 aliphatic carbocycles. The minimum absolute atomic E-state index is 0.172. The van der Waals surface area contributed by atoms with Crippen molar-refractivity contribution in [1.29, 1.82) is 0 Å². The molecule has 0 unspecified atom stereocenters. The smallest absolute Gasteiger partial charge is 0.272 e. The highest BCUT2D eigenvalue weighted by Crippen LogP contribution is 2.39. The van der Waals surface area contributed by atoms with Crippen LogP contribution in [-0.4, -0.2) is 30.9 Å². The number of benzene rings is 2. The van der Waals surface area contributed by atoms with Gasteiger partial charge in [-0.1, -0.05) is 12.1 Å². The molecule has 1 amide bonds. The Labute approximate surface area is 175 Å². The van der Waals surface area contributed by atoms with Crippen LogP contribution >= 0.6 is 0 Å². The van der Waals surface area contributed by atoms with Gasteiger partial charge in [0.2, 0.25) is 5.91 Å². The number of halogens is 2. The number of carbonyl (C=O) groups is 1. The molecule has 1 atom stereocenters. The molecule has 5 rings (SSSR count). The first-order valence-electron chi connectivity index (χ1n) is 9.60. The third-order valence-electron chi connectivity index (χ3n) is 5.25. The highest BCUT2D eigenvalue weighted by molar-refractivity contribution is 5.95. The zero-order valence-corrected chi connectivity index (χ0v) is 16.4. The van der Waals surface area contributed by atoms with Crippen molar-refractivity contribution in [1.82, 2.24) is 25.0 Å². The molecule has 0 bridgehead atoms. The first-order valence-corrected chi connectivity index (χ1v) is 9.60. The number of rotatable bonds is 3. The Morgan fingerprint density at radius 1 is 1.03 bits per heavy atom. The van der Waals surface area contributed by atoms with Crippen molar-refractivity contribution in [3.05, 3.63) is 83.2 Å². The summed E-state index contributed by atoms with van der Waals surface area (Å²) in [7, 11) is 0. The molecule has 1 aliphatic rings. The average Bonchev–Trinajstić information content (AvgIpc) is 3.10. The molecular weight excluding hydrogens is 402 g/mol. The van der Waals surface area contributed by atoms with Crippen molar-refractivity contribution >= 4 is 11.7 Å². The summed E-state index contributed by atoms with van der Waals surface area (Å²) in [6, 6.07) is 12.0. The van der Waals surface area contributed by atoms with Crippen LogP contribution in [0.1, 0.15) is 29.2 Å². The van der Waals surface area contributed by atoms with Gasteiger partial charge < -0.3 is 5.32 Å². The van der Waals surface area contributed by atoms with Gasteiger partial charge in [0.05, 0.1) is 17.6 Å². The fraction of sp³-hybridized carbons (Fsp3) is 0.136. The normalized spacial score (nSPS) is 15.5. The first kappa shape index (κ1) is 19.0. The van der Waals surface area contributed by atoms with Gasteiger partial charge in [-0.3, -0.25) is 4.79 Å². The fourth-order valence-corrected chi connectivity index (χ4v) is 3.82. The summed E-state index contributed by atoms with van der Waals surface area (Å²) in [4.78, 5) is 17.0. The van der Waals surface area contributed by atoms with Crippen molar-refractivity contribution in [2.45, 2.75) is 19.3 Å². The topological polar surface area (TPSA) is 85.6 Å². The molecule has 1 aliphatic heterocycles. The first-order chi connectivity index (χ1) is 15.0. The average molecular weight is 418 g/mol. The Bertz CT molecular complexity index is 1280. The SMILES string of the molecule is Cc1nn(-c2nncc(-c3ccc(F)cc3)n2)c2c1[C@H](c1ccc(F)cc1)CC(=O)N2. The monoisotopic (exact) mass is 418 g/mol. The second kappa shape index (κ2) is 7.35. The molecule has 0 fully saturated rings. The minimum atomic E-state index is -0.350. The largest absolute Gasteiger partial charge is 0.310 e. The Balaban J connectivity index is 1.60. The number of hydrogen-bond acceptors (Lipinski definition) is 5. The van der Waals surface area contributed by atoms with E-state index < -0.39 is 0 Å². The summed E-state index contributed by atoms with van der Waals surface area (Å²) >= 11 is 0. The predicted octanol–water partition coefficient (Wildman–Crippen LogP) is 3.79. The van der Waals surface area contributed by atoms with Crippen molar-refractivity contribution in [3.63, 3.8) is 0 Å². The molecule has 154 valence electrons. The van der Waals surface area contributed by atoms with Gasteiger partial charge in [0.15, 0.2) is 0 Å². The van der Waals surface area contributed by atoms with Gasteiger partial charge in [0.1, 0.15) is 17.5 Å². The van der Waals surface area contributed by atoms with Crippen LogP contribution in [0.5, 0.6) is 0 Å².